The van der Waals surface area contributed by atoms with Gasteiger partial charge in [-0.2, -0.15) is 20.1 Å². The van der Waals surface area contributed by atoms with Gasteiger partial charge in [0, 0.05) is 38.3 Å². The van der Waals surface area contributed by atoms with Crippen LogP contribution in [0, 0.1) is 10.1 Å². The first-order valence-electron chi connectivity index (χ1n) is 10.4. The minimum atomic E-state index is -0.507. The number of furan rings is 1. The summed E-state index contributed by atoms with van der Waals surface area (Å²) < 4.78 is 5.74. The van der Waals surface area contributed by atoms with Crippen molar-refractivity contribution in [1.82, 2.24) is 15.0 Å². The van der Waals surface area contributed by atoms with Crippen LogP contribution in [-0.4, -0.2) is 40.2 Å². The molecule has 178 valence electrons. The number of non-ortho nitro benzene ring substituents is 1. The standard InChI is InChI=1S/C23H21ClN8O3/c1-31(2)23-28-21(25-13-15-6-4-3-5-7-15)27-22(29-23)30-26-14-17-9-11-20(35-17)18-10-8-16(32(33)34)12-19(18)24/h3-12,14H,13H2,1-2H3,(H2,25,27,28,29,30)/b26-14+. The number of anilines is 3. The van der Waals surface area contributed by atoms with Crippen molar-refractivity contribution in [3.63, 3.8) is 0 Å². The molecule has 11 nitrogen and oxygen atoms in total. The molecule has 35 heavy (non-hydrogen) atoms. The zero-order valence-electron chi connectivity index (χ0n) is 18.8. The van der Waals surface area contributed by atoms with E-state index in [1.807, 2.05) is 44.4 Å². The van der Waals surface area contributed by atoms with E-state index in [1.165, 1.54) is 24.4 Å². The quantitative estimate of drug-likeness (QED) is 0.191. The molecule has 4 aromatic rings. The first-order valence-corrected chi connectivity index (χ1v) is 10.8. The van der Waals surface area contributed by atoms with E-state index in [2.05, 4.69) is 30.8 Å². The van der Waals surface area contributed by atoms with Gasteiger partial charge >= 0.3 is 0 Å². The molecule has 2 N–H and O–H groups in total. The van der Waals surface area contributed by atoms with Crippen LogP contribution >= 0.6 is 11.6 Å². The highest BCUT2D eigenvalue weighted by Crippen LogP contribution is 2.32. The fourth-order valence-electron chi connectivity index (χ4n) is 3.01. The monoisotopic (exact) mass is 492 g/mol. The fourth-order valence-corrected chi connectivity index (χ4v) is 3.28. The Kier molecular flexibility index (Phi) is 7.17. The van der Waals surface area contributed by atoms with Gasteiger partial charge < -0.3 is 14.6 Å². The van der Waals surface area contributed by atoms with E-state index < -0.39 is 4.92 Å². The van der Waals surface area contributed by atoms with Crippen molar-refractivity contribution < 1.29 is 9.34 Å². The summed E-state index contributed by atoms with van der Waals surface area (Å²) in [4.78, 5) is 25.3. The van der Waals surface area contributed by atoms with Gasteiger partial charge in [0.05, 0.1) is 16.2 Å². The number of nitrogens with zero attached hydrogens (tertiary/aromatic N) is 6. The maximum absolute atomic E-state index is 10.9. The van der Waals surface area contributed by atoms with Crippen molar-refractivity contribution in [2.24, 2.45) is 5.10 Å². The zero-order chi connectivity index (χ0) is 24.8. The molecule has 0 unspecified atom stereocenters. The Morgan fingerprint density at radius 3 is 2.57 bits per heavy atom. The van der Waals surface area contributed by atoms with Crippen LogP contribution in [0.3, 0.4) is 0 Å². The van der Waals surface area contributed by atoms with Crippen LogP contribution < -0.4 is 15.6 Å². The second kappa shape index (κ2) is 10.6. The van der Waals surface area contributed by atoms with Crippen molar-refractivity contribution >= 4 is 41.3 Å². The number of nitrogens with one attached hydrogen (secondary N) is 2. The Balaban J connectivity index is 1.46. The highest BCUT2D eigenvalue weighted by Gasteiger charge is 2.13. The third-order valence-corrected chi connectivity index (χ3v) is 5.04. The molecule has 0 saturated heterocycles. The summed E-state index contributed by atoms with van der Waals surface area (Å²) in [6, 6.07) is 17.5. The SMILES string of the molecule is CN(C)c1nc(NCc2ccccc2)nc(N/N=C/c2ccc(-c3ccc([N+](=O)[O-])cc3Cl)o2)n1. The summed E-state index contributed by atoms with van der Waals surface area (Å²) in [5.74, 6) is 2.00. The van der Waals surface area contributed by atoms with Crippen LogP contribution in [0.1, 0.15) is 11.3 Å². The molecular formula is C23H21ClN8O3. The van der Waals surface area contributed by atoms with Crippen molar-refractivity contribution in [3.05, 3.63) is 87.1 Å². The third kappa shape index (κ3) is 6.09. The summed E-state index contributed by atoms with van der Waals surface area (Å²) in [6.45, 7) is 0.556. The van der Waals surface area contributed by atoms with Crippen molar-refractivity contribution in [2.45, 2.75) is 6.54 Å². The van der Waals surface area contributed by atoms with Crippen LogP contribution in [0.5, 0.6) is 0 Å². The molecule has 0 bridgehead atoms. The maximum Gasteiger partial charge on any atom is 0.270 e. The van der Waals surface area contributed by atoms with Crippen LogP contribution in [0.2, 0.25) is 5.02 Å². The van der Waals surface area contributed by atoms with E-state index in [0.29, 0.717) is 35.5 Å². The second-order valence-corrected chi connectivity index (χ2v) is 7.92. The molecule has 2 aromatic carbocycles. The van der Waals surface area contributed by atoms with Crippen molar-refractivity contribution in [3.8, 4) is 11.3 Å². The number of nitro groups is 1. The minimum Gasteiger partial charge on any atom is -0.455 e. The van der Waals surface area contributed by atoms with E-state index in [0.717, 1.165) is 5.56 Å². The smallest absolute Gasteiger partial charge is 0.270 e. The lowest BCUT2D eigenvalue weighted by atomic mass is 10.1. The lowest BCUT2D eigenvalue weighted by molar-refractivity contribution is -0.384. The number of hydrogen-bond donors (Lipinski definition) is 2. The number of hydrogen-bond acceptors (Lipinski definition) is 10. The Morgan fingerprint density at radius 1 is 1.09 bits per heavy atom. The van der Waals surface area contributed by atoms with Gasteiger partial charge in [-0.1, -0.05) is 41.9 Å². The van der Waals surface area contributed by atoms with Crippen LogP contribution in [0.25, 0.3) is 11.3 Å². The van der Waals surface area contributed by atoms with Gasteiger partial charge in [-0.15, -0.1) is 0 Å². The molecule has 4 rings (SSSR count). The molecule has 2 aromatic heterocycles. The highest BCUT2D eigenvalue weighted by molar-refractivity contribution is 6.33. The largest absolute Gasteiger partial charge is 0.455 e. The second-order valence-electron chi connectivity index (χ2n) is 7.51. The van der Waals surface area contributed by atoms with E-state index in [-0.39, 0.29) is 16.7 Å². The average Bonchev–Trinajstić information content (AvgIpc) is 3.31. The predicted molar refractivity (Wildman–Crippen MR) is 135 cm³/mol. The molecule has 0 fully saturated rings. The van der Waals surface area contributed by atoms with Crippen molar-refractivity contribution in [1.29, 1.82) is 0 Å². The Labute approximate surface area is 205 Å². The summed E-state index contributed by atoms with van der Waals surface area (Å²) in [7, 11) is 3.66. The number of halogens is 1. The van der Waals surface area contributed by atoms with E-state index in [9.17, 15) is 10.1 Å². The van der Waals surface area contributed by atoms with Gasteiger partial charge in [0.25, 0.3) is 5.69 Å². The first kappa shape index (κ1) is 23.6. The van der Waals surface area contributed by atoms with Crippen LogP contribution in [0.15, 0.2) is 70.2 Å². The molecule has 0 amide bonds. The maximum atomic E-state index is 10.9. The van der Waals surface area contributed by atoms with E-state index in [1.54, 1.807) is 17.0 Å². The molecule has 0 radical (unpaired) electrons. The minimum absolute atomic E-state index is 0.0941. The van der Waals surface area contributed by atoms with E-state index >= 15 is 0 Å². The summed E-state index contributed by atoms with van der Waals surface area (Å²) in [5.41, 5.74) is 4.32. The molecular weight excluding hydrogens is 472 g/mol. The summed E-state index contributed by atoms with van der Waals surface area (Å²) >= 11 is 6.18. The van der Waals surface area contributed by atoms with Gasteiger partial charge in [-0.25, -0.2) is 5.43 Å². The number of aromatic nitrogens is 3. The molecule has 0 aliphatic carbocycles. The van der Waals surface area contributed by atoms with E-state index in [4.69, 9.17) is 16.0 Å². The third-order valence-electron chi connectivity index (χ3n) is 4.73. The number of benzene rings is 2. The summed E-state index contributed by atoms with van der Waals surface area (Å²) in [6.07, 6.45) is 1.46. The zero-order valence-corrected chi connectivity index (χ0v) is 19.6. The van der Waals surface area contributed by atoms with Gasteiger partial charge in [0.1, 0.15) is 11.5 Å². The lowest BCUT2D eigenvalue weighted by Crippen LogP contribution is -2.16. The molecule has 0 aliphatic heterocycles. The average molecular weight is 493 g/mol. The molecule has 0 atom stereocenters. The Bertz CT molecular complexity index is 1360. The molecule has 0 aliphatic rings. The number of nitro benzene ring substituents is 1. The Morgan fingerprint density at radius 2 is 1.86 bits per heavy atom. The molecule has 12 heteroatoms. The number of rotatable bonds is 9. The highest BCUT2D eigenvalue weighted by atomic mass is 35.5. The topological polar surface area (TPSA) is 135 Å². The van der Waals surface area contributed by atoms with Crippen LogP contribution in [-0.2, 0) is 6.54 Å². The molecule has 2 heterocycles. The predicted octanol–water partition coefficient (Wildman–Crippen LogP) is 4.82. The summed E-state index contributed by atoms with van der Waals surface area (Å²) in [5, 5.41) is 18.5. The van der Waals surface area contributed by atoms with Gasteiger partial charge in [0.2, 0.25) is 17.8 Å². The first-order chi connectivity index (χ1) is 16.9. The van der Waals surface area contributed by atoms with Gasteiger partial charge in [-0.3, -0.25) is 10.1 Å². The molecule has 0 saturated carbocycles. The normalized spacial score (nSPS) is 10.9. The molecule has 0 spiro atoms. The number of hydrazone groups is 1. The lowest BCUT2D eigenvalue weighted by Gasteiger charge is -2.13. The van der Waals surface area contributed by atoms with Crippen molar-refractivity contribution in [2.75, 3.05) is 29.7 Å². The fraction of sp³-hybridized carbons (Fsp3) is 0.130. The Hall–Kier alpha value is -4.51. The van der Waals surface area contributed by atoms with Gasteiger partial charge in [-0.05, 0) is 23.8 Å². The van der Waals surface area contributed by atoms with Gasteiger partial charge in [0.15, 0.2) is 0 Å². The van der Waals surface area contributed by atoms with Crippen LogP contribution in [0.4, 0.5) is 23.5 Å².